The average Bonchev–Trinajstić information content (AvgIpc) is 2.78. The van der Waals surface area contributed by atoms with Crippen LogP contribution < -0.4 is 5.69 Å². The SMILES string of the molecule is O=Cc1cn(C2CCC(C(O)(O)O)O2)c(=O)[nH]c1=S. The summed E-state index contributed by atoms with van der Waals surface area (Å²) in [6.07, 6.45) is 0.106. The van der Waals surface area contributed by atoms with Crippen molar-refractivity contribution in [3.05, 3.63) is 26.9 Å². The molecule has 2 atom stereocenters. The van der Waals surface area contributed by atoms with Crippen molar-refractivity contribution in [1.29, 1.82) is 0 Å². The van der Waals surface area contributed by atoms with E-state index in [0.29, 0.717) is 6.29 Å². The van der Waals surface area contributed by atoms with Crippen molar-refractivity contribution < 1.29 is 24.9 Å². The maximum Gasteiger partial charge on any atom is 0.328 e. The number of H-pyrrole nitrogens is 1. The molecule has 8 nitrogen and oxygen atoms in total. The lowest BCUT2D eigenvalue weighted by atomic mass is 10.2. The Morgan fingerprint density at radius 1 is 1.47 bits per heavy atom. The number of rotatable bonds is 3. The van der Waals surface area contributed by atoms with Crippen LogP contribution in [-0.2, 0) is 4.74 Å². The minimum absolute atomic E-state index is 0.0200. The first kappa shape index (κ1) is 14.0. The Bertz CT molecular complexity index is 601. The summed E-state index contributed by atoms with van der Waals surface area (Å²) in [5, 5.41) is 27.0. The van der Waals surface area contributed by atoms with Crippen molar-refractivity contribution in [2.45, 2.75) is 31.1 Å². The average molecular weight is 288 g/mol. The lowest BCUT2D eigenvalue weighted by Crippen LogP contribution is -2.42. The molecule has 1 aliphatic rings. The van der Waals surface area contributed by atoms with Crippen LogP contribution in [0.4, 0.5) is 0 Å². The number of carbonyl (C=O) groups is 1. The van der Waals surface area contributed by atoms with Gasteiger partial charge in [-0.25, -0.2) is 4.79 Å². The summed E-state index contributed by atoms with van der Waals surface area (Å²) in [6, 6.07) is 0. The van der Waals surface area contributed by atoms with Crippen LogP contribution in [0.15, 0.2) is 11.0 Å². The fourth-order valence-electron chi connectivity index (χ4n) is 1.91. The van der Waals surface area contributed by atoms with E-state index in [9.17, 15) is 9.59 Å². The van der Waals surface area contributed by atoms with Crippen molar-refractivity contribution in [2.75, 3.05) is 0 Å². The molecule has 1 saturated heterocycles. The van der Waals surface area contributed by atoms with E-state index < -0.39 is 24.0 Å². The molecule has 9 heteroatoms. The number of aromatic amines is 1. The predicted molar refractivity (Wildman–Crippen MR) is 63.8 cm³/mol. The van der Waals surface area contributed by atoms with E-state index >= 15 is 0 Å². The van der Waals surface area contributed by atoms with E-state index in [1.807, 2.05) is 0 Å². The molecule has 1 fully saturated rings. The minimum atomic E-state index is -2.96. The van der Waals surface area contributed by atoms with Crippen LogP contribution in [0.25, 0.3) is 0 Å². The molecule has 2 heterocycles. The van der Waals surface area contributed by atoms with Crippen molar-refractivity contribution in [3.8, 4) is 0 Å². The third kappa shape index (κ3) is 2.80. The molecule has 104 valence electrons. The summed E-state index contributed by atoms with van der Waals surface area (Å²) in [4.78, 5) is 24.8. The number of nitrogens with one attached hydrogen (secondary N) is 1. The number of hydrogen-bond donors (Lipinski definition) is 4. The molecule has 0 amide bonds. The third-order valence-electron chi connectivity index (χ3n) is 2.86. The summed E-state index contributed by atoms with van der Waals surface area (Å²) in [5.41, 5.74) is -0.467. The summed E-state index contributed by atoms with van der Waals surface area (Å²) < 4.78 is 6.28. The highest BCUT2D eigenvalue weighted by atomic mass is 32.1. The molecular formula is C10H12N2O6S. The normalized spacial score (nSPS) is 23.5. The van der Waals surface area contributed by atoms with E-state index in [2.05, 4.69) is 4.98 Å². The molecule has 2 rings (SSSR count). The standard InChI is InChI=1S/C10H12N2O6S/c13-4-5-3-12(9(14)11-8(5)19)7-2-1-6(18-7)10(15,16)17/h3-4,6-7,15-17H,1-2H2,(H,11,14,19). The van der Waals surface area contributed by atoms with Gasteiger partial charge in [0.2, 0.25) is 0 Å². The molecule has 4 N–H and O–H groups in total. The van der Waals surface area contributed by atoms with Crippen LogP contribution in [0.1, 0.15) is 29.4 Å². The van der Waals surface area contributed by atoms with Crippen LogP contribution >= 0.6 is 12.2 Å². The highest BCUT2D eigenvalue weighted by Gasteiger charge is 2.40. The molecule has 0 saturated carbocycles. The lowest BCUT2D eigenvalue weighted by molar-refractivity contribution is -0.360. The second kappa shape index (κ2) is 4.94. The highest BCUT2D eigenvalue weighted by molar-refractivity contribution is 7.71. The smallest absolute Gasteiger partial charge is 0.328 e. The van der Waals surface area contributed by atoms with Gasteiger partial charge in [0.15, 0.2) is 6.29 Å². The van der Waals surface area contributed by atoms with Crippen molar-refractivity contribution in [1.82, 2.24) is 9.55 Å². The van der Waals surface area contributed by atoms with Gasteiger partial charge in [-0.05, 0) is 12.8 Å². The van der Waals surface area contributed by atoms with Gasteiger partial charge >= 0.3 is 11.7 Å². The molecule has 19 heavy (non-hydrogen) atoms. The summed E-state index contributed by atoms with van der Waals surface area (Å²) >= 11 is 4.79. The van der Waals surface area contributed by atoms with Crippen LogP contribution in [0, 0.1) is 4.64 Å². The molecule has 0 bridgehead atoms. The molecular weight excluding hydrogens is 276 g/mol. The van der Waals surface area contributed by atoms with E-state index in [0.717, 1.165) is 4.57 Å². The first-order chi connectivity index (χ1) is 8.82. The number of aromatic nitrogens is 2. The Hall–Kier alpha value is -1.39. The first-order valence-corrected chi connectivity index (χ1v) is 5.87. The Morgan fingerprint density at radius 2 is 2.16 bits per heavy atom. The number of aliphatic hydroxyl groups is 3. The molecule has 0 aromatic carbocycles. The van der Waals surface area contributed by atoms with Gasteiger partial charge in [-0.3, -0.25) is 14.3 Å². The zero-order valence-electron chi connectivity index (χ0n) is 9.65. The fourth-order valence-corrected chi connectivity index (χ4v) is 2.10. The second-order valence-electron chi connectivity index (χ2n) is 4.21. The van der Waals surface area contributed by atoms with Gasteiger partial charge in [0.1, 0.15) is 17.0 Å². The van der Waals surface area contributed by atoms with Crippen molar-refractivity contribution >= 4 is 18.5 Å². The van der Waals surface area contributed by atoms with Crippen LogP contribution in [0.2, 0.25) is 0 Å². The number of hydrogen-bond acceptors (Lipinski definition) is 7. The van der Waals surface area contributed by atoms with Crippen LogP contribution in [0.5, 0.6) is 0 Å². The largest absolute Gasteiger partial charge is 0.346 e. The maximum absolute atomic E-state index is 11.7. The van der Waals surface area contributed by atoms with E-state index in [1.54, 1.807) is 0 Å². The number of aldehydes is 1. The maximum atomic E-state index is 11.7. The number of carbonyl (C=O) groups excluding carboxylic acids is 1. The zero-order valence-corrected chi connectivity index (χ0v) is 10.5. The molecule has 1 aliphatic heterocycles. The zero-order chi connectivity index (χ0) is 14.2. The molecule has 0 spiro atoms. The van der Waals surface area contributed by atoms with Crippen molar-refractivity contribution in [3.63, 3.8) is 0 Å². The van der Waals surface area contributed by atoms with Crippen molar-refractivity contribution in [2.24, 2.45) is 0 Å². The number of ether oxygens (including phenoxy) is 1. The monoisotopic (exact) mass is 288 g/mol. The van der Waals surface area contributed by atoms with Gasteiger partial charge in [-0.15, -0.1) is 0 Å². The Balaban J connectivity index is 2.32. The van der Waals surface area contributed by atoms with Crippen LogP contribution in [-0.4, -0.2) is 43.2 Å². The third-order valence-corrected chi connectivity index (χ3v) is 3.20. The van der Waals surface area contributed by atoms with Gasteiger partial charge in [0, 0.05) is 6.20 Å². The lowest BCUT2D eigenvalue weighted by Gasteiger charge is -2.22. The van der Waals surface area contributed by atoms with Gasteiger partial charge in [0.05, 0.1) is 5.56 Å². The quantitative estimate of drug-likeness (QED) is 0.320. The van der Waals surface area contributed by atoms with Crippen LogP contribution in [0.3, 0.4) is 0 Å². The number of nitrogens with zero attached hydrogens (tertiary/aromatic N) is 1. The van der Waals surface area contributed by atoms with Gasteiger partial charge in [-0.1, -0.05) is 12.2 Å². The molecule has 1 aromatic rings. The molecule has 1 aromatic heterocycles. The topological polar surface area (TPSA) is 125 Å². The summed E-state index contributed by atoms with van der Waals surface area (Å²) in [5.74, 6) is -2.96. The molecule has 0 radical (unpaired) electrons. The Kier molecular flexibility index (Phi) is 3.65. The highest BCUT2D eigenvalue weighted by Crippen LogP contribution is 2.31. The van der Waals surface area contributed by atoms with E-state index in [-0.39, 0.29) is 23.0 Å². The van der Waals surface area contributed by atoms with Gasteiger partial charge < -0.3 is 20.1 Å². The molecule has 2 unspecified atom stereocenters. The fraction of sp³-hybridized carbons (Fsp3) is 0.500. The Morgan fingerprint density at radius 3 is 2.68 bits per heavy atom. The van der Waals surface area contributed by atoms with Gasteiger partial charge in [-0.2, -0.15) is 0 Å². The van der Waals surface area contributed by atoms with E-state index in [1.165, 1.54) is 6.20 Å². The molecule has 0 aliphatic carbocycles. The van der Waals surface area contributed by atoms with E-state index in [4.69, 9.17) is 32.3 Å². The summed E-state index contributed by atoms with van der Waals surface area (Å²) in [6.45, 7) is 0. The van der Waals surface area contributed by atoms with Gasteiger partial charge in [0.25, 0.3) is 0 Å². The predicted octanol–water partition coefficient (Wildman–Crippen LogP) is -0.973. The summed E-state index contributed by atoms with van der Waals surface area (Å²) in [7, 11) is 0. The Labute approximate surface area is 111 Å². The first-order valence-electron chi connectivity index (χ1n) is 5.46. The minimum Gasteiger partial charge on any atom is -0.346 e. The second-order valence-corrected chi connectivity index (χ2v) is 4.62.